The molecule has 0 amide bonds. The van der Waals surface area contributed by atoms with Crippen LogP contribution >= 0.6 is 27.7 Å². The van der Waals surface area contributed by atoms with Crippen LogP contribution < -0.4 is 0 Å². The Morgan fingerprint density at radius 2 is 2.46 bits per heavy atom. The number of nitrogens with zero attached hydrogens (tertiary/aromatic N) is 3. The Bertz CT molecular complexity index is 239. The highest BCUT2D eigenvalue weighted by Gasteiger charge is 1.98. The quantitative estimate of drug-likeness (QED) is 0.581. The number of aryl methyl sites for hydroxylation is 2. The maximum atomic E-state index is 4.06. The first kappa shape index (κ1) is 11.0. The summed E-state index contributed by atoms with van der Waals surface area (Å²) in [5.74, 6) is 1.19. The summed E-state index contributed by atoms with van der Waals surface area (Å²) in [5, 5.41) is 9.06. The summed E-state index contributed by atoms with van der Waals surface area (Å²) in [4.78, 5) is 0. The molecular formula is C8H14BrN3S. The van der Waals surface area contributed by atoms with E-state index in [1.165, 1.54) is 5.75 Å². The van der Waals surface area contributed by atoms with E-state index in [1.54, 1.807) is 0 Å². The third kappa shape index (κ3) is 4.13. The van der Waals surface area contributed by atoms with Gasteiger partial charge in [-0.3, -0.25) is 4.68 Å². The van der Waals surface area contributed by atoms with Crippen molar-refractivity contribution in [2.75, 3.05) is 17.3 Å². The SMILES string of the molecule is CSCCCn1cc(CCBr)nn1. The van der Waals surface area contributed by atoms with Gasteiger partial charge in [0.2, 0.25) is 0 Å². The summed E-state index contributed by atoms with van der Waals surface area (Å²) >= 11 is 5.25. The van der Waals surface area contributed by atoms with Crippen LogP contribution in [0.3, 0.4) is 0 Å². The highest BCUT2D eigenvalue weighted by atomic mass is 79.9. The highest BCUT2D eigenvalue weighted by molar-refractivity contribution is 9.09. The minimum absolute atomic E-state index is 0.955. The molecule has 0 atom stereocenters. The van der Waals surface area contributed by atoms with Crippen molar-refractivity contribution in [3.05, 3.63) is 11.9 Å². The van der Waals surface area contributed by atoms with E-state index in [2.05, 4.69) is 32.5 Å². The monoisotopic (exact) mass is 263 g/mol. The van der Waals surface area contributed by atoms with Gasteiger partial charge in [0, 0.05) is 24.5 Å². The van der Waals surface area contributed by atoms with E-state index >= 15 is 0 Å². The zero-order valence-corrected chi connectivity index (χ0v) is 10.1. The fraction of sp³-hybridized carbons (Fsp3) is 0.750. The van der Waals surface area contributed by atoms with E-state index in [-0.39, 0.29) is 0 Å². The Morgan fingerprint density at radius 3 is 3.15 bits per heavy atom. The van der Waals surface area contributed by atoms with Crippen molar-refractivity contribution in [1.29, 1.82) is 0 Å². The summed E-state index contributed by atoms with van der Waals surface area (Å²) in [5.41, 5.74) is 1.07. The summed E-state index contributed by atoms with van der Waals surface area (Å²) in [6.45, 7) is 0.982. The Hall–Kier alpha value is -0.0300. The second-order valence-electron chi connectivity index (χ2n) is 2.76. The lowest BCUT2D eigenvalue weighted by atomic mass is 10.4. The van der Waals surface area contributed by atoms with Crippen LogP contribution in [0.25, 0.3) is 0 Å². The molecular weight excluding hydrogens is 250 g/mol. The first-order chi connectivity index (χ1) is 6.36. The van der Waals surface area contributed by atoms with Crippen LogP contribution in [0.5, 0.6) is 0 Å². The van der Waals surface area contributed by atoms with Gasteiger partial charge in [-0.1, -0.05) is 21.1 Å². The number of alkyl halides is 1. The number of hydrogen-bond acceptors (Lipinski definition) is 3. The molecule has 13 heavy (non-hydrogen) atoms. The zero-order valence-electron chi connectivity index (χ0n) is 7.74. The van der Waals surface area contributed by atoms with E-state index in [9.17, 15) is 0 Å². The molecule has 0 radical (unpaired) electrons. The molecule has 0 saturated heterocycles. The van der Waals surface area contributed by atoms with Gasteiger partial charge in [0.1, 0.15) is 0 Å². The molecule has 1 aromatic rings. The topological polar surface area (TPSA) is 30.7 Å². The van der Waals surface area contributed by atoms with Gasteiger partial charge in [-0.25, -0.2) is 0 Å². The normalized spacial score (nSPS) is 10.6. The molecule has 0 fully saturated rings. The van der Waals surface area contributed by atoms with Crippen LogP contribution in [0.15, 0.2) is 6.20 Å². The Kier molecular flexibility index (Phi) is 5.46. The van der Waals surface area contributed by atoms with Crippen molar-refractivity contribution in [1.82, 2.24) is 15.0 Å². The van der Waals surface area contributed by atoms with Crippen molar-refractivity contribution >= 4 is 27.7 Å². The van der Waals surface area contributed by atoms with Crippen LogP contribution in [0.1, 0.15) is 12.1 Å². The van der Waals surface area contributed by atoms with Crippen LogP contribution in [-0.2, 0) is 13.0 Å². The lowest BCUT2D eigenvalue weighted by Crippen LogP contribution is -1.99. The van der Waals surface area contributed by atoms with Crippen LogP contribution in [-0.4, -0.2) is 32.3 Å². The lowest BCUT2D eigenvalue weighted by Gasteiger charge is -1.97. The molecule has 0 aliphatic heterocycles. The number of thioether (sulfide) groups is 1. The van der Waals surface area contributed by atoms with Crippen molar-refractivity contribution in [2.45, 2.75) is 19.4 Å². The molecule has 1 rings (SSSR count). The van der Waals surface area contributed by atoms with Crippen molar-refractivity contribution < 1.29 is 0 Å². The van der Waals surface area contributed by atoms with E-state index < -0.39 is 0 Å². The summed E-state index contributed by atoms with van der Waals surface area (Å²) < 4.78 is 1.92. The predicted molar refractivity (Wildman–Crippen MR) is 60.5 cm³/mol. The molecule has 0 bridgehead atoms. The van der Waals surface area contributed by atoms with Gasteiger partial charge in [-0.15, -0.1) is 5.10 Å². The van der Waals surface area contributed by atoms with E-state index in [0.29, 0.717) is 0 Å². The van der Waals surface area contributed by atoms with Gasteiger partial charge < -0.3 is 0 Å². The molecule has 5 heteroatoms. The minimum atomic E-state index is 0.955. The molecule has 1 heterocycles. The lowest BCUT2D eigenvalue weighted by molar-refractivity contribution is 0.582. The Labute approximate surface area is 91.4 Å². The maximum Gasteiger partial charge on any atom is 0.0835 e. The fourth-order valence-electron chi connectivity index (χ4n) is 1.03. The van der Waals surface area contributed by atoms with Crippen LogP contribution in [0.4, 0.5) is 0 Å². The molecule has 0 saturated carbocycles. The van der Waals surface area contributed by atoms with Crippen LogP contribution in [0, 0.1) is 0 Å². The number of aromatic nitrogens is 3. The molecule has 74 valence electrons. The first-order valence-corrected chi connectivity index (χ1v) is 6.82. The second kappa shape index (κ2) is 6.43. The average molecular weight is 264 g/mol. The van der Waals surface area contributed by atoms with Gasteiger partial charge in [-0.05, 0) is 18.4 Å². The Balaban J connectivity index is 2.31. The van der Waals surface area contributed by atoms with E-state index in [4.69, 9.17) is 0 Å². The van der Waals surface area contributed by atoms with Gasteiger partial charge in [0.05, 0.1) is 5.69 Å². The molecule has 0 aliphatic carbocycles. The first-order valence-electron chi connectivity index (χ1n) is 4.30. The van der Waals surface area contributed by atoms with E-state index in [0.717, 1.165) is 30.4 Å². The summed E-state index contributed by atoms with van der Waals surface area (Å²) in [6.07, 6.45) is 6.28. The Morgan fingerprint density at radius 1 is 1.62 bits per heavy atom. The minimum Gasteiger partial charge on any atom is -0.252 e. The van der Waals surface area contributed by atoms with E-state index in [1.807, 2.05) is 22.6 Å². The standard InChI is InChI=1S/C8H14BrN3S/c1-13-6-2-5-12-7-8(3-4-9)10-11-12/h7H,2-6H2,1H3. The van der Waals surface area contributed by atoms with Crippen molar-refractivity contribution in [3.8, 4) is 0 Å². The summed E-state index contributed by atoms with van der Waals surface area (Å²) in [6, 6.07) is 0. The number of halogens is 1. The molecule has 0 spiro atoms. The second-order valence-corrected chi connectivity index (χ2v) is 4.54. The van der Waals surface area contributed by atoms with Crippen molar-refractivity contribution in [2.24, 2.45) is 0 Å². The van der Waals surface area contributed by atoms with Gasteiger partial charge in [-0.2, -0.15) is 11.8 Å². The van der Waals surface area contributed by atoms with Gasteiger partial charge in [0.15, 0.2) is 0 Å². The maximum absolute atomic E-state index is 4.06. The third-order valence-corrected chi connectivity index (χ3v) is 2.77. The highest BCUT2D eigenvalue weighted by Crippen LogP contribution is 2.00. The number of rotatable bonds is 6. The molecule has 0 aliphatic rings. The molecule has 1 aromatic heterocycles. The number of hydrogen-bond donors (Lipinski definition) is 0. The molecule has 3 nitrogen and oxygen atoms in total. The molecule has 0 N–H and O–H groups in total. The molecule has 0 aromatic carbocycles. The zero-order chi connectivity index (χ0) is 9.52. The predicted octanol–water partition coefficient (Wildman–Crippen LogP) is 1.97. The van der Waals surface area contributed by atoms with Gasteiger partial charge >= 0.3 is 0 Å². The van der Waals surface area contributed by atoms with Crippen LogP contribution in [0.2, 0.25) is 0 Å². The average Bonchev–Trinajstić information content (AvgIpc) is 2.54. The molecule has 0 unspecified atom stereocenters. The fourth-order valence-corrected chi connectivity index (χ4v) is 1.85. The van der Waals surface area contributed by atoms with Crippen molar-refractivity contribution in [3.63, 3.8) is 0 Å². The van der Waals surface area contributed by atoms with Gasteiger partial charge in [0.25, 0.3) is 0 Å². The summed E-state index contributed by atoms with van der Waals surface area (Å²) in [7, 11) is 0. The largest absolute Gasteiger partial charge is 0.252 e. The third-order valence-electron chi connectivity index (χ3n) is 1.67. The smallest absolute Gasteiger partial charge is 0.0835 e.